The number of anilines is 2. The zero-order chi connectivity index (χ0) is 34.5. The Kier molecular flexibility index (Phi) is 8.75. The monoisotopic (exact) mass is 667 g/mol. The van der Waals surface area contributed by atoms with Crippen LogP contribution in [-0.2, 0) is 9.59 Å². The van der Waals surface area contributed by atoms with Crippen LogP contribution in [0, 0.1) is 16.7 Å². The molecule has 0 bridgehead atoms. The lowest BCUT2D eigenvalue weighted by molar-refractivity contribution is -0.136. The zero-order valence-corrected chi connectivity index (χ0v) is 29.2. The van der Waals surface area contributed by atoms with E-state index in [1.807, 2.05) is 30.3 Å². The van der Waals surface area contributed by atoms with E-state index in [0.717, 1.165) is 81.7 Å². The van der Waals surface area contributed by atoms with E-state index in [2.05, 4.69) is 70.3 Å². The molecule has 3 saturated heterocycles. The number of carbonyl (C=O) groups excluding carboxylic acids is 3. The van der Waals surface area contributed by atoms with E-state index in [4.69, 9.17) is 0 Å². The lowest BCUT2D eigenvalue weighted by Gasteiger charge is -2.57. The number of rotatable bonds is 7. The summed E-state index contributed by atoms with van der Waals surface area (Å²) in [6.45, 7) is 15.9. The van der Waals surface area contributed by atoms with Crippen LogP contribution in [-0.4, -0.2) is 84.3 Å². The SMILES string of the molecule is CC1(C)CC(C)(C)C1NC(=O)c1ccc(N2CCC(CN3CCN(c4ccc5c(=O)n(C6CCC(=O)NC6=O)ncc5c4)CC3)CC2)cc1. The van der Waals surface area contributed by atoms with Crippen molar-refractivity contribution in [1.82, 2.24) is 25.3 Å². The van der Waals surface area contributed by atoms with E-state index in [0.29, 0.717) is 11.3 Å². The predicted molar refractivity (Wildman–Crippen MR) is 191 cm³/mol. The molecule has 7 rings (SSSR count). The molecule has 0 radical (unpaired) electrons. The molecular weight excluding hydrogens is 618 g/mol. The fourth-order valence-electron chi connectivity index (χ4n) is 9.15. The van der Waals surface area contributed by atoms with Gasteiger partial charge in [0.2, 0.25) is 5.91 Å². The fourth-order valence-corrected chi connectivity index (χ4v) is 9.15. The van der Waals surface area contributed by atoms with Crippen molar-refractivity contribution in [3.05, 3.63) is 64.6 Å². The van der Waals surface area contributed by atoms with E-state index in [-0.39, 0.29) is 47.1 Å². The largest absolute Gasteiger partial charge is 0.372 e. The number of carbonyl (C=O) groups is 3. The molecule has 11 nitrogen and oxygen atoms in total. The summed E-state index contributed by atoms with van der Waals surface area (Å²) >= 11 is 0. The van der Waals surface area contributed by atoms with Gasteiger partial charge in [0.05, 0.1) is 11.6 Å². The Bertz CT molecular complexity index is 1790. The molecule has 4 fully saturated rings. The van der Waals surface area contributed by atoms with Gasteiger partial charge in [-0.05, 0) is 84.9 Å². The van der Waals surface area contributed by atoms with Gasteiger partial charge in [0.15, 0.2) is 0 Å². The van der Waals surface area contributed by atoms with Crippen LogP contribution >= 0.6 is 0 Å². The van der Waals surface area contributed by atoms with E-state index in [9.17, 15) is 19.2 Å². The average molecular weight is 668 g/mol. The fraction of sp³-hybridized carbons (Fsp3) is 0.553. The Morgan fingerprint density at radius 1 is 0.857 bits per heavy atom. The minimum absolute atomic E-state index is 0.0187. The summed E-state index contributed by atoms with van der Waals surface area (Å²) in [5, 5.41) is 11.2. The second-order valence-corrected chi connectivity index (χ2v) is 16.0. The molecule has 2 aromatic carbocycles. The number of hydrogen-bond acceptors (Lipinski definition) is 8. The van der Waals surface area contributed by atoms with Gasteiger partial charge in [0.25, 0.3) is 17.4 Å². The second-order valence-electron chi connectivity index (χ2n) is 16.0. The van der Waals surface area contributed by atoms with Crippen molar-refractivity contribution in [3.8, 4) is 0 Å². The molecule has 49 heavy (non-hydrogen) atoms. The Morgan fingerprint density at radius 2 is 1.51 bits per heavy atom. The third-order valence-electron chi connectivity index (χ3n) is 11.4. The van der Waals surface area contributed by atoms with Gasteiger partial charge in [0.1, 0.15) is 6.04 Å². The van der Waals surface area contributed by atoms with Crippen molar-refractivity contribution >= 4 is 39.9 Å². The number of benzene rings is 2. The summed E-state index contributed by atoms with van der Waals surface area (Å²) < 4.78 is 1.21. The summed E-state index contributed by atoms with van der Waals surface area (Å²) in [4.78, 5) is 57.5. The van der Waals surface area contributed by atoms with Crippen molar-refractivity contribution in [1.29, 1.82) is 0 Å². The number of fused-ring (bicyclic) bond motifs is 1. The summed E-state index contributed by atoms with van der Waals surface area (Å²) in [5.41, 5.74) is 2.93. The van der Waals surface area contributed by atoms with Gasteiger partial charge in [-0.25, -0.2) is 4.68 Å². The minimum Gasteiger partial charge on any atom is -0.372 e. The van der Waals surface area contributed by atoms with Crippen LogP contribution in [0.2, 0.25) is 0 Å². The maximum Gasteiger partial charge on any atom is 0.275 e. The Hall–Kier alpha value is -4.25. The van der Waals surface area contributed by atoms with Crippen LogP contribution in [0.4, 0.5) is 11.4 Å². The van der Waals surface area contributed by atoms with Crippen molar-refractivity contribution in [2.45, 2.75) is 71.9 Å². The molecule has 4 aliphatic rings. The smallest absolute Gasteiger partial charge is 0.275 e. The first kappa shape index (κ1) is 33.3. The average Bonchev–Trinajstić information content (AvgIpc) is 3.08. The van der Waals surface area contributed by atoms with Gasteiger partial charge in [-0.3, -0.25) is 29.4 Å². The molecule has 1 aromatic heterocycles. The van der Waals surface area contributed by atoms with Crippen LogP contribution in [0.3, 0.4) is 0 Å². The number of piperazine rings is 1. The Morgan fingerprint density at radius 3 is 2.16 bits per heavy atom. The highest BCUT2D eigenvalue weighted by Crippen LogP contribution is 2.53. The van der Waals surface area contributed by atoms with E-state index in [1.54, 1.807) is 6.20 Å². The molecule has 3 amide bonds. The number of hydrogen-bond donors (Lipinski definition) is 2. The van der Waals surface area contributed by atoms with Crippen LogP contribution < -0.4 is 26.0 Å². The standard InChI is InChI=1S/C38H49N7O4/c1-37(2)24-38(3,4)36(37)41-33(47)26-5-7-28(8-6-26)43-15-13-25(14-16-43)23-42-17-19-44(20-18-42)29-9-10-30-27(21-29)22-39-45(35(30)49)31-11-12-32(46)40-34(31)48/h5-10,21-22,25,31,36H,11-20,23-24H2,1-4H3,(H,41,47)(H,40,46,48). The minimum atomic E-state index is -0.766. The van der Waals surface area contributed by atoms with Crippen LogP contribution in [0.1, 0.15) is 76.2 Å². The van der Waals surface area contributed by atoms with Crippen LogP contribution in [0.15, 0.2) is 53.5 Å². The third kappa shape index (κ3) is 6.69. The molecule has 3 aliphatic heterocycles. The number of nitrogens with one attached hydrogen (secondary N) is 2. The summed E-state index contributed by atoms with van der Waals surface area (Å²) in [7, 11) is 0. The molecule has 3 aromatic rings. The summed E-state index contributed by atoms with van der Waals surface area (Å²) in [6.07, 6.45) is 5.54. The highest BCUT2D eigenvalue weighted by molar-refractivity contribution is 5.99. The molecular formula is C38H49N7O4. The molecule has 11 heteroatoms. The lowest BCUT2D eigenvalue weighted by Crippen LogP contribution is -2.63. The van der Waals surface area contributed by atoms with E-state index >= 15 is 0 Å². The molecule has 4 heterocycles. The van der Waals surface area contributed by atoms with Crippen LogP contribution in [0.25, 0.3) is 10.8 Å². The van der Waals surface area contributed by atoms with Crippen molar-refractivity contribution in [2.75, 3.05) is 55.6 Å². The number of amides is 3. The molecule has 1 saturated carbocycles. The van der Waals surface area contributed by atoms with Gasteiger partial charge in [-0.1, -0.05) is 27.7 Å². The molecule has 260 valence electrons. The van der Waals surface area contributed by atoms with Crippen molar-refractivity contribution in [3.63, 3.8) is 0 Å². The maximum atomic E-state index is 13.2. The summed E-state index contributed by atoms with van der Waals surface area (Å²) in [5.74, 6) is -0.108. The number of aromatic nitrogens is 2. The highest BCUT2D eigenvalue weighted by Gasteiger charge is 2.53. The molecule has 1 aliphatic carbocycles. The number of piperidine rings is 2. The molecule has 1 atom stereocenters. The molecule has 0 spiro atoms. The first-order valence-electron chi connectivity index (χ1n) is 17.9. The number of imide groups is 1. The van der Waals surface area contributed by atoms with Gasteiger partial charge < -0.3 is 15.1 Å². The van der Waals surface area contributed by atoms with Gasteiger partial charge in [0, 0.05) is 80.6 Å². The first-order chi connectivity index (χ1) is 23.4. The lowest BCUT2D eigenvalue weighted by atomic mass is 9.52. The predicted octanol–water partition coefficient (Wildman–Crippen LogP) is 3.97. The van der Waals surface area contributed by atoms with Crippen molar-refractivity contribution < 1.29 is 14.4 Å². The van der Waals surface area contributed by atoms with E-state index in [1.165, 1.54) is 10.4 Å². The topological polar surface area (TPSA) is 120 Å². The molecule has 2 N–H and O–H groups in total. The quantitative estimate of drug-likeness (QED) is 0.364. The van der Waals surface area contributed by atoms with E-state index < -0.39 is 11.9 Å². The normalized spacial score (nSPS) is 23.3. The number of nitrogens with zero attached hydrogens (tertiary/aromatic N) is 5. The third-order valence-corrected chi connectivity index (χ3v) is 11.4. The van der Waals surface area contributed by atoms with Gasteiger partial charge >= 0.3 is 0 Å². The highest BCUT2D eigenvalue weighted by atomic mass is 16.2. The van der Waals surface area contributed by atoms with Gasteiger partial charge in [-0.2, -0.15) is 5.10 Å². The maximum absolute atomic E-state index is 13.2. The first-order valence-corrected chi connectivity index (χ1v) is 17.9. The Balaban J connectivity index is 0.879. The van der Waals surface area contributed by atoms with Crippen LogP contribution in [0.5, 0.6) is 0 Å². The molecule has 1 unspecified atom stereocenters. The Labute approximate surface area is 288 Å². The summed E-state index contributed by atoms with van der Waals surface area (Å²) in [6, 6.07) is 13.4. The second kappa shape index (κ2) is 12.9. The zero-order valence-electron chi connectivity index (χ0n) is 29.2. The van der Waals surface area contributed by atoms with Crippen molar-refractivity contribution in [2.24, 2.45) is 16.7 Å². The van der Waals surface area contributed by atoms with Gasteiger partial charge in [-0.15, -0.1) is 0 Å².